The van der Waals surface area contributed by atoms with Gasteiger partial charge in [0.15, 0.2) is 5.13 Å². The van der Waals surface area contributed by atoms with Crippen molar-refractivity contribution in [3.05, 3.63) is 11.1 Å². The molecule has 1 unspecified atom stereocenters. The summed E-state index contributed by atoms with van der Waals surface area (Å²) < 4.78 is 0. The first-order valence-electron chi connectivity index (χ1n) is 4.37. The van der Waals surface area contributed by atoms with Gasteiger partial charge in [0.1, 0.15) is 0 Å². The van der Waals surface area contributed by atoms with Crippen molar-refractivity contribution in [1.82, 2.24) is 4.98 Å². The van der Waals surface area contributed by atoms with E-state index >= 15 is 0 Å². The Morgan fingerprint density at radius 1 is 1.69 bits per heavy atom. The maximum atomic E-state index is 5.87. The van der Waals surface area contributed by atoms with Crippen LogP contribution in [0.1, 0.15) is 19.0 Å². The normalized spacial score (nSPS) is 12.9. The van der Waals surface area contributed by atoms with Gasteiger partial charge in [-0.1, -0.05) is 0 Å². The zero-order chi connectivity index (χ0) is 9.84. The number of hydrogen-bond acceptors (Lipinski definition) is 3. The molecule has 0 spiro atoms. The predicted octanol–water partition coefficient (Wildman–Crippen LogP) is 2.91. The first-order valence-corrected chi connectivity index (χ1v) is 5.68. The molecule has 2 nitrogen and oxygen atoms in total. The predicted molar refractivity (Wildman–Crippen MR) is 60.1 cm³/mol. The van der Waals surface area contributed by atoms with Crippen molar-refractivity contribution in [3.63, 3.8) is 0 Å². The van der Waals surface area contributed by atoms with Crippen molar-refractivity contribution in [2.24, 2.45) is 0 Å². The van der Waals surface area contributed by atoms with E-state index in [1.54, 1.807) is 11.3 Å². The minimum atomic E-state index is 0.239. The summed E-state index contributed by atoms with van der Waals surface area (Å²) in [5.41, 5.74) is 1.09. The molecule has 4 heteroatoms. The molecule has 0 aliphatic rings. The van der Waals surface area contributed by atoms with E-state index in [4.69, 9.17) is 11.6 Å². The van der Waals surface area contributed by atoms with Gasteiger partial charge in [0, 0.05) is 24.3 Å². The number of alkyl halides is 1. The summed E-state index contributed by atoms with van der Waals surface area (Å²) >= 11 is 7.55. The highest BCUT2D eigenvalue weighted by molar-refractivity contribution is 7.13. The van der Waals surface area contributed by atoms with Crippen molar-refractivity contribution < 1.29 is 0 Å². The summed E-state index contributed by atoms with van der Waals surface area (Å²) in [5.74, 6) is 0. The first-order chi connectivity index (χ1) is 6.09. The Morgan fingerprint density at radius 2 is 2.38 bits per heavy atom. The molecule has 1 aromatic rings. The van der Waals surface area contributed by atoms with Crippen LogP contribution in [0.2, 0.25) is 0 Å². The third kappa shape index (κ3) is 3.53. The van der Waals surface area contributed by atoms with E-state index < -0.39 is 0 Å². The summed E-state index contributed by atoms with van der Waals surface area (Å²) in [6, 6.07) is 0. The maximum Gasteiger partial charge on any atom is 0.185 e. The van der Waals surface area contributed by atoms with Crippen LogP contribution in [0.3, 0.4) is 0 Å². The Labute approximate surface area is 88.5 Å². The fraction of sp³-hybridized carbons (Fsp3) is 0.667. The summed E-state index contributed by atoms with van der Waals surface area (Å²) in [5, 5.41) is 3.38. The quantitative estimate of drug-likeness (QED) is 0.723. The Hall–Kier alpha value is -0.280. The van der Waals surface area contributed by atoms with Gasteiger partial charge in [-0.2, -0.15) is 0 Å². The molecule has 1 heterocycles. The van der Waals surface area contributed by atoms with E-state index in [-0.39, 0.29) is 5.38 Å². The molecule has 0 radical (unpaired) electrons. The highest BCUT2D eigenvalue weighted by Gasteiger charge is 2.05. The SMILES string of the molecule is Cc1csc(N(C)CCC(C)Cl)n1. The summed E-state index contributed by atoms with van der Waals surface area (Å²) in [6.07, 6.45) is 0.997. The summed E-state index contributed by atoms with van der Waals surface area (Å²) in [7, 11) is 2.05. The van der Waals surface area contributed by atoms with Gasteiger partial charge in [-0.25, -0.2) is 4.98 Å². The lowest BCUT2D eigenvalue weighted by atomic mass is 10.3. The number of rotatable bonds is 4. The fourth-order valence-electron chi connectivity index (χ4n) is 0.984. The number of halogens is 1. The van der Waals surface area contributed by atoms with Crippen molar-refractivity contribution in [2.75, 3.05) is 18.5 Å². The Morgan fingerprint density at radius 3 is 2.85 bits per heavy atom. The Bertz CT molecular complexity index is 260. The van der Waals surface area contributed by atoms with Crippen LogP contribution < -0.4 is 4.90 Å². The van der Waals surface area contributed by atoms with E-state index in [1.165, 1.54) is 0 Å². The van der Waals surface area contributed by atoms with Crippen LogP contribution in [0.15, 0.2) is 5.38 Å². The average Bonchev–Trinajstić information content (AvgIpc) is 2.47. The minimum Gasteiger partial charge on any atom is -0.351 e. The van der Waals surface area contributed by atoms with Crippen molar-refractivity contribution in [2.45, 2.75) is 25.6 Å². The van der Waals surface area contributed by atoms with Gasteiger partial charge in [0.05, 0.1) is 5.69 Å². The zero-order valence-corrected chi connectivity index (χ0v) is 9.82. The topological polar surface area (TPSA) is 16.1 Å². The second-order valence-electron chi connectivity index (χ2n) is 3.26. The number of anilines is 1. The molecule has 0 aliphatic carbocycles. The van der Waals surface area contributed by atoms with E-state index in [9.17, 15) is 0 Å². The number of aryl methyl sites for hydroxylation is 1. The standard InChI is InChI=1S/C9H15ClN2S/c1-7(10)4-5-12(3)9-11-8(2)6-13-9/h6-7H,4-5H2,1-3H3. The average molecular weight is 219 g/mol. The molecule has 1 rings (SSSR count). The van der Waals surface area contributed by atoms with Crippen LogP contribution >= 0.6 is 22.9 Å². The Kier molecular flexibility index (Phi) is 4.00. The molecular weight excluding hydrogens is 204 g/mol. The summed E-state index contributed by atoms with van der Waals surface area (Å²) in [4.78, 5) is 6.54. The molecule has 74 valence electrons. The van der Waals surface area contributed by atoms with Crippen LogP contribution in [0.4, 0.5) is 5.13 Å². The molecular formula is C9H15ClN2S. The highest BCUT2D eigenvalue weighted by Crippen LogP contribution is 2.19. The molecule has 0 aliphatic heterocycles. The third-order valence-electron chi connectivity index (χ3n) is 1.80. The molecule has 0 saturated carbocycles. The van der Waals surface area contributed by atoms with Gasteiger partial charge in [-0.15, -0.1) is 22.9 Å². The van der Waals surface area contributed by atoms with Gasteiger partial charge in [-0.3, -0.25) is 0 Å². The van der Waals surface area contributed by atoms with Crippen LogP contribution in [0, 0.1) is 6.92 Å². The van der Waals surface area contributed by atoms with Crippen LogP contribution in [-0.4, -0.2) is 24.0 Å². The molecule has 1 atom stereocenters. The van der Waals surface area contributed by atoms with Crippen molar-refractivity contribution in [1.29, 1.82) is 0 Å². The molecule has 0 amide bonds. The van der Waals surface area contributed by atoms with Crippen LogP contribution in [0.5, 0.6) is 0 Å². The molecule has 0 aromatic carbocycles. The lowest BCUT2D eigenvalue weighted by molar-refractivity contribution is 0.770. The lowest BCUT2D eigenvalue weighted by Crippen LogP contribution is -2.20. The van der Waals surface area contributed by atoms with E-state index in [1.807, 2.05) is 13.8 Å². The summed E-state index contributed by atoms with van der Waals surface area (Å²) in [6.45, 7) is 5.00. The number of aromatic nitrogens is 1. The monoisotopic (exact) mass is 218 g/mol. The molecule has 1 aromatic heterocycles. The molecule has 0 N–H and O–H groups in total. The van der Waals surface area contributed by atoms with Gasteiger partial charge in [-0.05, 0) is 20.3 Å². The molecule has 0 bridgehead atoms. The lowest BCUT2D eigenvalue weighted by Gasteiger charge is -2.15. The highest BCUT2D eigenvalue weighted by atomic mass is 35.5. The minimum absolute atomic E-state index is 0.239. The van der Waals surface area contributed by atoms with E-state index in [0.29, 0.717) is 0 Å². The third-order valence-corrected chi connectivity index (χ3v) is 3.09. The van der Waals surface area contributed by atoms with Crippen molar-refractivity contribution >= 4 is 28.1 Å². The van der Waals surface area contributed by atoms with Gasteiger partial charge in [0.2, 0.25) is 0 Å². The number of hydrogen-bond donors (Lipinski definition) is 0. The number of thiazole rings is 1. The van der Waals surface area contributed by atoms with Gasteiger partial charge >= 0.3 is 0 Å². The van der Waals surface area contributed by atoms with Crippen molar-refractivity contribution in [3.8, 4) is 0 Å². The van der Waals surface area contributed by atoms with Crippen LogP contribution in [0.25, 0.3) is 0 Å². The Balaban J connectivity index is 2.44. The van der Waals surface area contributed by atoms with E-state index in [2.05, 4.69) is 22.3 Å². The largest absolute Gasteiger partial charge is 0.351 e. The first kappa shape index (κ1) is 10.8. The maximum absolute atomic E-state index is 5.87. The molecule has 0 saturated heterocycles. The zero-order valence-electron chi connectivity index (χ0n) is 8.25. The second kappa shape index (κ2) is 4.82. The molecule has 13 heavy (non-hydrogen) atoms. The van der Waals surface area contributed by atoms with Crippen LogP contribution in [-0.2, 0) is 0 Å². The van der Waals surface area contributed by atoms with E-state index in [0.717, 1.165) is 23.8 Å². The van der Waals surface area contributed by atoms with Gasteiger partial charge in [0.25, 0.3) is 0 Å². The smallest absolute Gasteiger partial charge is 0.185 e. The van der Waals surface area contributed by atoms with Gasteiger partial charge < -0.3 is 4.90 Å². The number of nitrogens with zero attached hydrogens (tertiary/aromatic N) is 2. The fourth-order valence-corrected chi connectivity index (χ4v) is 1.88. The molecule has 0 fully saturated rings. The second-order valence-corrected chi connectivity index (χ2v) is 4.84.